The summed E-state index contributed by atoms with van der Waals surface area (Å²) in [5, 5.41) is 5.40. The van der Waals surface area contributed by atoms with E-state index < -0.39 is 12.0 Å². The molecule has 1 heterocycles. The van der Waals surface area contributed by atoms with Gasteiger partial charge in [0.15, 0.2) is 0 Å². The average molecular weight is 318 g/mol. The third kappa shape index (κ3) is 3.83. The number of carbonyl (C=O) groups excluding carboxylic acids is 2. The molecule has 2 rings (SSSR count). The highest BCUT2D eigenvalue weighted by molar-refractivity contribution is 5.95. The molecule has 23 heavy (non-hydrogen) atoms. The molecule has 2 amide bonds. The van der Waals surface area contributed by atoms with Crippen molar-refractivity contribution in [3.63, 3.8) is 0 Å². The molecule has 2 atom stereocenters. The van der Waals surface area contributed by atoms with E-state index in [2.05, 4.69) is 10.6 Å². The van der Waals surface area contributed by atoms with E-state index in [1.54, 1.807) is 26.2 Å². The van der Waals surface area contributed by atoms with Gasteiger partial charge in [0.2, 0.25) is 0 Å². The first-order chi connectivity index (χ1) is 11.0. The normalized spacial score (nSPS) is 18.8. The largest absolute Gasteiger partial charge is 0.497 e. The van der Waals surface area contributed by atoms with Gasteiger partial charge < -0.3 is 20.1 Å². The highest BCUT2D eigenvalue weighted by atomic mass is 16.5. The fourth-order valence-corrected chi connectivity index (χ4v) is 2.37. The Morgan fingerprint density at radius 1 is 1.39 bits per heavy atom. The zero-order valence-electron chi connectivity index (χ0n) is 13.8. The summed E-state index contributed by atoms with van der Waals surface area (Å²) < 4.78 is 10.7. The first-order valence-electron chi connectivity index (χ1n) is 7.59. The Morgan fingerprint density at radius 3 is 2.78 bits per heavy atom. The van der Waals surface area contributed by atoms with Crippen LogP contribution in [-0.2, 0) is 9.53 Å². The van der Waals surface area contributed by atoms with Gasteiger partial charge in [-0.2, -0.15) is 0 Å². The molecule has 0 fully saturated rings. The molecule has 124 valence electrons. The molecule has 1 aliphatic rings. The lowest BCUT2D eigenvalue weighted by molar-refractivity contribution is -0.144. The van der Waals surface area contributed by atoms with E-state index in [9.17, 15) is 9.59 Å². The standard InChI is InChI=1S/C17H22N2O4/c1-5-10(2)23-16(20)14-11(3)18-17(21)19-15(14)12-7-6-8-13(9-12)22-4/h6-10,15H,5H2,1-4H3,(H2,18,19,21). The minimum absolute atomic E-state index is 0.189. The molecule has 0 aromatic heterocycles. The molecule has 0 saturated carbocycles. The summed E-state index contributed by atoms with van der Waals surface area (Å²) in [5.41, 5.74) is 1.66. The van der Waals surface area contributed by atoms with Crippen molar-refractivity contribution < 1.29 is 19.1 Å². The maximum atomic E-state index is 12.5. The Bertz CT molecular complexity index is 639. The average Bonchev–Trinajstić information content (AvgIpc) is 2.53. The molecular formula is C17H22N2O4. The Kier molecular flexibility index (Phi) is 5.26. The van der Waals surface area contributed by atoms with Gasteiger partial charge in [-0.15, -0.1) is 0 Å². The number of hydrogen-bond acceptors (Lipinski definition) is 4. The second kappa shape index (κ2) is 7.17. The van der Waals surface area contributed by atoms with Crippen LogP contribution < -0.4 is 15.4 Å². The van der Waals surface area contributed by atoms with Crippen LogP contribution in [0.15, 0.2) is 35.5 Å². The topological polar surface area (TPSA) is 76.7 Å². The summed E-state index contributed by atoms with van der Waals surface area (Å²) >= 11 is 0. The van der Waals surface area contributed by atoms with Crippen LogP contribution >= 0.6 is 0 Å². The number of esters is 1. The van der Waals surface area contributed by atoms with E-state index in [0.29, 0.717) is 17.0 Å². The second-order valence-corrected chi connectivity index (χ2v) is 5.47. The minimum Gasteiger partial charge on any atom is -0.497 e. The summed E-state index contributed by atoms with van der Waals surface area (Å²) in [4.78, 5) is 24.3. The number of urea groups is 1. The van der Waals surface area contributed by atoms with Gasteiger partial charge in [0.05, 0.1) is 24.8 Å². The number of amides is 2. The van der Waals surface area contributed by atoms with Crippen LogP contribution in [0, 0.1) is 0 Å². The van der Waals surface area contributed by atoms with Crippen molar-refractivity contribution in [3.8, 4) is 5.75 Å². The first-order valence-corrected chi connectivity index (χ1v) is 7.59. The van der Waals surface area contributed by atoms with Crippen LogP contribution in [0.2, 0.25) is 0 Å². The van der Waals surface area contributed by atoms with Crippen molar-refractivity contribution in [2.75, 3.05) is 7.11 Å². The highest BCUT2D eigenvalue weighted by Crippen LogP contribution is 2.29. The second-order valence-electron chi connectivity index (χ2n) is 5.47. The van der Waals surface area contributed by atoms with Crippen LogP contribution in [0.25, 0.3) is 0 Å². The Morgan fingerprint density at radius 2 is 2.13 bits per heavy atom. The van der Waals surface area contributed by atoms with E-state index in [-0.39, 0.29) is 12.1 Å². The van der Waals surface area contributed by atoms with E-state index >= 15 is 0 Å². The van der Waals surface area contributed by atoms with E-state index in [4.69, 9.17) is 9.47 Å². The molecule has 1 aliphatic heterocycles. The molecule has 2 unspecified atom stereocenters. The maximum absolute atomic E-state index is 12.5. The van der Waals surface area contributed by atoms with Crippen LogP contribution in [0.3, 0.4) is 0 Å². The third-order valence-electron chi connectivity index (χ3n) is 3.80. The number of nitrogens with one attached hydrogen (secondary N) is 2. The van der Waals surface area contributed by atoms with Crippen molar-refractivity contribution in [2.24, 2.45) is 0 Å². The number of ether oxygens (including phenoxy) is 2. The number of carbonyl (C=O) groups is 2. The molecular weight excluding hydrogens is 296 g/mol. The Labute approximate surface area is 135 Å². The van der Waals surface area contributed by atoms with Crippen LogP contribution in [0.5, 0.6) is 5.75 Å². The molecule has 1 aromatic carbocycles. The fraction of sp³-hybridized carbons (Fsp3) is 0.412. The molecule has 0 bridgehead atoms. The molecule has 1 aromatic rings. The van der Waals surface area contributed by atoms with Crippen LogP contribution in [0.4, 0.5) is 4.79 Å². The van der Waals surface area contributed by atoms with Gasteiger partial charge in [-0.3, -0.25) is 0 Å². The van der Waals surface area contributed by atoms with E-state index in [0.717, 1.165) is 12.0 Å². The third-order valence-corrected chi connectivity index (χ3v) is 3.80. The number of allylic oxidation sites excluding steroid dienone is 1. The quantitative estimate of drug-likeness (QED) is 0.818. The number of rotatable bonds is 5. The first kappa shape index (κ1) is 16.9. The van der Waals surface area contributed by atoms with Gasteiger partial charge in [-0.25, -0.2) is 9.59 Å². The van der Waals surface area contributed by atoms with E-state index in [1.165, 1.54) is 0 Å². The number of hydrogen-bond donors (Lipinski definition) is 2. The van der Waals surface area contributed by atoms with Gasteiger partial charge in [0, 0.05) is 5.70 Å². The zero-order chi connectivity index (χ0) is 17.0. The molecule has 0 spiro atoms. The van der Waals surface area contributed by atoms with Crippen molar-refractivity contribution in [2.45, 2.75) is 39.3 Å². The summed E-state index contributed by atoms with van der Waals surface area (Å²) in [5.74, 6) is 0.222. The van der Waals surface area contributed by atoms with Crippen LogP contribution in [-0.4, -0.2) is 25.2 Å². The van der Waals surface area contributed by atoms with Crippen molar-refractivity contribution >= 4 is 12.0 Å². The molecule has 0 saturated heterocycles. The van der Waals surface area contributed by atoms with Gasteiger partial charge in [0.1, 0.15) is 5.75 Å². The van der Waals surface area contributed by atoms with E-state index in [1.807, 2.05) is 26.0 Å². The summed E-state index contributed by atoms with van der Waals surface area (Å²) in [6.07, 6.45) is 0.535. The monoisotopic (exact) mass is 318 g/mol. The Balaban J connectivity index is 2.39. The molecule has 0 radical (unpaired) electrons. The molecule has 0 aliphatic carbocycles. The summed E-state index contributed by atoms with van der Waals surface area (Å²) in [6, 6.07) is 6.32. The van der Waals surface area contributed by atoms with Crippen molar-refractivity contribution in [3.05, 3.63) is 41.1 Å². The summed E-state index contributed by atoms with van der Waals surface area (Å²) in [6.45, 7) is 5.47. The number of methoxy groups -OCH3 is 1. The minimum atomic E-state index is -0.574. The van der Waals surface area contributed by atoms with Gasteiger partial charge >= 0.3 is 12.0 Å². The molecule has 2 N–H and O–H groups in total. The van der Waals surface area contributed by atoms with Crippen LogP contribution in [0.1, 0.15) is 38.8 Å². The fourth-order valence-electron chi connectivity index (χ4n) is 2.37. The van der Waals surface area contributed by atoms with Crippen molar-refractivity contribution in [1.82, 2.24) is 10.6 Å². The predicted octanol–water partition coefficient (Wildman–Crippen LogP) is 2.66. The molecule has 6 heteroatoms. The van der Waals surface area contributed by atoms with Crippen molar-refractivity contribution in [1.29, 1.82) is 0 Å². The highest BCUT2D eigenvalue weighted by Gasteiger charge is 2.32. The smallest absolute Gasteiger partial charge is 0.338 e. The SMILES string of the molecule is CCC(C)OC(=O)C1=C(C)NC(=O)NC1c1cccc(OC)c1. The maximum Gasteiger partial charge on any atom is 0.338 e. The Hall–Kier alpha value is -2.50. The predicted molar refractivity (Wildman–Crippen MR) is 85.9 cm³/mol. The lowest BCUT2D eigenvalue weighted by Gasteiger charge is -2.29. The van der Waals surface area contributed by atoms with Gasteiger partial charge in [0.25, 0.3) is 0 Å². The van der Waals surface area contributed by atoms with Gasteiger partial charge in [-0.1, -0.05) is 19.1 Å². The zero-order valence-corrected chi connectivity index (χ0v) is 13.8. The van der Waals surface area contributed by atoms with Gasteiger partial charge in [-0.05, 0) is 38.0 Å². The summed E-state index contributed by atoms with van der Waals surface area (Å²) in [7, 11) is 1.57. The number of benzene rings is 1. The lowest BCUT2D eigenvalue weighted by Crippen LogP contribution is -2.45. The lowest BCUT2D eigenvalue weighted by atomic mass is 9.95. The molecule has 6 nitrogen and oxygen atoms in total.